The number of rotatable bonds is 7. The van der Waals surface area contributed by atoms with E-state index in [0.29, 0.717) is 10.8 Å². The van der Waals surface area contributed by atoms with Crippen LogP contribution in [0.5, 0.6) is 0 Å². The molecule has 0 N–H and O–H groups in total. The molecule has 0 aliphatic carbocycles. The molecule has 1 heterocycles. The molecule has 1 aromatic heterocycles. The lowest BCUT2D eigenvalue weighted by atomic mass is 10.2. The van der Waals surface area contributed by atoms with Crippen LogP contribution < -0.4 is 4.90 Å². The number of hydrogen-bond donors (Lipinski definition) is 0. The molecule has 2 aromatic carbocycles. The van der Waals surface area contributed by atoms with Gasteiger partial charge in [0.2, 0.25) is 11.1 Å². The highest BCUT2D eigenvalue weighted by molar-refractivity contribution is 7.99. The zero-order chi connectivity index (χ0) is 19.1. The number of benzene rings is 2. The molecule has 0 saturated heterocycles. The number of nitriles is 1. The average Bonchev–Trinajstić information content (AvgIpc) is 3.18. The number of halogens is 1. The minimum Gasteiger partial charge on any atom is -0.311 e. The van der Waals surface area contributed by atoms with Crippen molar-refractivity contribution < 1.29 is 9.18 Å². The van der Waals surface area contributed by atoms with Gasteiger partial charge >= 0.3 is 0 Å². The molecule has 0 atom stereocenters. The van der Waals surface area contributed by atoms with Crippen molar-refractivity contribution in [2.24, 2.45) is 0 Å². The molecule has 136 valence electrons. The monoisotopic (exact) mass is 381 g/mol. The molecule has 3 rings (SSSR count). The Morgan fingerprint density at radius 3 is 2.63 bits per heavy atom. The van der Waals surface area contributed by atoms with E-state index in [9.17, 15) is 9.18 Å². The standard InChI is InChI=1S/C19H16FN5OS/c20-15-7-9-16(10-8-15)24(12-4-11-21)18(26)13-27-19-22-14-25(23-19)17-5-2-1-3-6-17/h1-3,5-10,14H,4,12-13H2. The van der Waals surface area contributed by atoms with Gasteiger partial charge in [0, 0.05) is 12.2 Å². The van der Waals surface area contributed by atoms with E-state index in [2.05, 4.69) is 10.1 Å². The Balaban J connectivity index is 1.66. The van der Waals surface area contributed by atoms with Crippen LogP contribution in [0.3, 0.4) is 0 Å². The number of hydrogen-bond acceptors (Lipinski definition) is 5. The molecule has 27 heavy (non-hydrogen) atoms. The quantitative estimate of drug-likeness (QED) is 0.586. The van der Waals surface area contributed by atoms with Crippen LogP contribution in [-0.2, 0) is 4.79 Å². The summed E-state index contributed by atoms with van der Waals surface area (Å²) >= 11 is 1.21. The van der Waals surface area contributed by atoms with Gasteiger partial charge in [-0.1, -0.05) is 30.0 Å². The molecule has 0 aliphatic heterocycles. The Bertz CT molecular complexity index is 937. The maximum Gasteiger partial charge on any atom is 0.237 e. The van der Waals surface area contributed by atoms with Gasteiger partial charge in [-0.15, -0.1) is 5.10 Å². The highest BCUT2D eigenvalue weighted by Gasteiger charge is 2.17. The average molecular weight is 381 g/mol. The lowest BCUT2D eigenvalue weighted by molar-refractivity contribution is -0.116. The maximum atomic E-state index is 13.1. The smallest absolute Gasteiger partial charge is 0.237 e. The minimum atomic E-state index is -0.378. The number of amides is 1. The second kappa shape index (κ2) is 8.96. The van der Waals surface area contributed by atoms with Crippen molar-refractivity contribution in [1.82, 2.24) is 14.8 Å². The second-order valence-corrected chi connectivity index (χ2v) is 6.47. The van der Waals surface area contributed by atoms with E-state index in [4.69, 9.17) is 5.26 Å². The predicted molar refractivity (Wildman–Crippen MR) is 101 cm³/mol. The molecule has 0 fully saturated rings. The molecular formula is C19H16FN5OS. The molecule has 8 heteroatoms. The first kappa shape index (κ1) is 18.6. The fourth-order valence-electron chi connectivity index (χ4n) is 2.40. The minimum absolute atomic E-state index is 0.113. The maximum absolute atomic E-state index is 13.1. The summed E-state index contributed by atoms with van der Waals surface area (Å²) in [4.78, 5) is 18.3. The van der Waals surface area contributed by atoms with Gasteiger partial charge < -0.3 is 4.90 Å². The summed E-state index contributed by atoms with van der Waals surface area (Å²) in [5.74, 6) is -0.462. The van der Waals surface area contributed by atoms with Crippen LogP contribution in [0.25, 0.3) is 5.69 Å². The highest BCUT2D eigenvalue weighted by atomic mass is 32.2. The molecule has 0 spiro atoms. The lowest BCUT2D eigenvalue weighted by Gasteiger charge is -2.21. The zero-order valence-corrected chi connectivity index (χ0v) is 15.1. The molecule has 0 aliphatic rings. The van der Waals surface area contributed by atoms with Crippen LogP contribution in [0.4, 0.5) is 10.1 Å². The van der Waals surface area contributed by atoms with Gasteiger partial charge in [0.15, 0.2) is 0 Å². The summed E-state index contributed by atoms with van der Waals surface area (Å²) in [7, 11) is 0. The van der Waals surface area contributed by atoms with Crippen LogP contribution >= 0.6 is 11.8 Å². The third-order valence-electron chi connectivity index (χ3n) is 3.70. The summed E-state index contributed by atoms with van der Waals surface area (Å²) in [6, 6.07) is 17.2. The number of para-hydroxylation sites is 1. The van der Waals surface area contributed by atoms with Crippen molar-refractivity contribution in [3.63, 3.8) is 0 Å². The molecular weight excluding hydrogens is 365 g/mol. The Hall–Kier alpha value is -3.18. The largest absolute Gasteiger partial charge is 0.311 e. The molecule has 0 radical (unpaired) electrons. The van der Waals surface area contributed by atoms with Gasteiger partial charge in [-0.3, -0.25) is 4.79 Å². The van der Waals surface area contributed by atoms with Crippen LogP contribution in [-0.4, -0.2) is 33.0 Å². The predicted octanol–water partition coefficient (Wildman–Crippen LogP) is 3.45. The van der Waals surface area contributed by atoms with Crippen molar-refractivity contribution in [3.8, 4) is 11.8 Å². The lowest BCUT2D eigenvalue weighted by Crippen LogP contribution is -2.33. The van der Waals surface area contributed by atoms with Crippen molar-refractivity contribution in [3.05, 3.63) is 66.7 Å². The molecule has 6 nitrogen and oxygen atoms in total. The van der Waals surface area contributed by atoms with Crippen molar-refractivity contribution in [2.45, 2.75) is 11.6 Å². The number of aromatic nitrogens is 3. The van der Waals surface area contributed by atoms with E-state index in [-0.39, 0.29) is 30.4 Å². The van der Waals surface area contributed by atoms with Crippen LogP contribution in [0.2, 0.25) is 0 Å². The van der Waals surface area contributed by atoms with Crippen molar-refractivity contribution in [1.29, 1.82) is 5.26 Å². The first-order chi connectivity index (χ1) is 13.2. The van der Waals surface area contributed by atoms with Gasteiger partial charge in [0.1, 0.15) is 12.1 Å². The third kappa shape index (κ3) is 4.92. The topological polar surface area (TPSA) is 74.8 Å². The van der Waals surface area contributed by atoms with Gasteiger partial charge in [0.25, 0.3) is 0 Å². The molecule has 0 unspecified atom stereocenters. The first-order valence-corrected chi connectivity index (χ1v) is 9.18. The van der Waals surface area contributed by atoms with Gasteiger partial charge in [-0.05, 0) is 36.4 Å². The Labute approximate surface area is 160 Å². The number of thioether (sulfide) groups is 1. The van der Waals surface area contributed by atoms with Gasteiger partial charge in [0.05, 0.1) is 23.9 Å². The Morgan fingerprint density at radius 1 is 1.19 bits per heavy atom. The van der Waals surface area contributed by atoms with Crippen LogP contribution in [0.15, 0.2) is 66.1 Å². The zero-order valence-electron chi connectivity index (χ0n) is 14.3. The van der Waals surface area contributed by atoms with E-state index in [0.717, 1.165) is 5.69 Å². The number of carbonyl (C=O) groups is 1. The number of anilines is 1. The van der Waals surface area contributed by atoms with E-state index in [1.807, 2.05) is 36.4 Å². The second-order valence-electron chi connectivity index (χ2n) is 5.53. The normalized spacial score (nSPS) is 10.4. The Morgan fingerprint density at radius 2 is 1.93 bits per heavy atom. The molecule has 1 amide bonds. The highest BCUT2D eigenvalue weighted by Crippen LogP contribution is 2.19. The summed E-state index contributed by atoms with van der Waals surface area (Å²) < 4.78 is 14.8. The van der Waals surface area contributed by atoms with Crippen LogP contribution in [0, 0.1) is 17.1 Å². The number of carbonyl (C=O) groups excluding carboxylic acids is 1. The number of nitrogens with zero attached hydrogens (tertiary/aromatic N) is 5. The summed E-state index contributed by atoms with van der Waals surface area (Å²) in [5, 5.41) is 13.7. The molecule has 0 bridgehead atoms. The van der Waals surface area contributed by atoms with Gasteiger partial charge in [-0.25, -0.2) is 14.1 Å². The van der Waals surface area contributed by atoms with Crippen molar-refractivity contribution >= 4 is 23.4 Å². The van der Waals surface area contributed by atoms with E-state index in [1.54, 1.807) is 11.0 Å². The SMILES string of the molecule is N#CCCN(C(=O)CSc1ncn(-c2ccccc2)n1)c1ccc(F)cc1. The van der Waals surface area contributed by atoms with Crippen LogP contribution in [0.1, 0.15) is 6.42 Å². The van der Waals surface area contributed by atoms with E-state index >= 15 is 0 Å². The summed E-state index contributed by atoms with van der Waals surface area (Å²) in [6.07, 6.45) is 1.78. The Kier molecular flexibility index (Phi) is 6.18. The first-order valence-electron chi connectivity index (χ1n) is 8.20. The fraction of sp³-hybridized carbons (Fsp3) is 0.158. The third-order valence-corrected chi connectivity index (χ3v) is 4.54. The van der Waals surface area contributed by atoms with E-state index in [1.165, 1.54) is 40.9 Å². The molecule has 3 aromatic rings. The van der Waals surface area contributed by atoms with Crippen molar-refractivity contribution in [2.75, 3.05) is 17.2 Å². The molecule has 0 saturated carbocycles. The summed E-state index contributed by atoms with van der Waals surface area (Å²) in [5.41, 5.74) is 1.44. The summed E-state index contributed by atoms with van der Waals surface area (Å²) in [6.45, 7) is 0.243. The van der Waals surface area contributed by atoms with E-state index < -0.39 is 0 Å². The fourth-order valence-corrected chi connectivity index (χ4v) is 3.08. The van der Waals surface area contributed by atoms with Gasteiger partial charge in [-0.2, -0.15) is 5.26 Å².